The van der Waals surface area contributed by atoms with E-state index in [1.54, 1.807) is 22.7 Å². The van der Waals surface area contributed by atoms with E-state index >= 15 is 0 Å². The molecule has 0 unspecified atom stereocenters. The third-order valence-electron chi connectivity index (χ3n) is 7.20. The molecule has 0 bridgehead atoms. The van der Waals surface area contributed by atoms with Crippen molar-refractivity contribution in [3.05, 3.63) is 71.6 Å². The predicted molar refractivity (Wildman–Crippen MR) is 157 cm³/mol. The number of aromatic nitrogens is 5. The van der Waals surface area contributed by atoms with Crippen molar-refractivity contribution in [2.24, 2.45) is 5.92 Å². The van der Waals surface area contributed by atoms with Crippen LogP contribution >= 0.6 is 11.6 Å². The standard InChI is InChI=1S/C28H29ClN8O2S/c1-2-19-12-20(13-21-16-32-28(35-26(19)21)31-15-18-6-5-11-30-14-18)23-9-10-24-27(33-17-34-37(23)24)36-40(38,39)25-8-4-3-7-22(25)29/h3-4,7-10,12-13,16-18,30H,2,5-6,11,14-15H2,1H3,(H,31,32,35)(H,33,34,36)/t18-/m1/s1. The van der Waals surface area contributed by atoms with E-state index in [1.807, 2.05) is 18.3 Å². The smallest absolute Gasteiger partial charge is 0.264 e. The summed E-state index contributed by atoms with van der Waals surface area (Å²) in [4.78, 5) is 13.6. The molecule has 1 aliphatic heterocycles. The van der Waals surface area contributed by atoms with Gasteiger partial charge in [0.1, 0.15) is 16.7 Å². The summed E-state index contributed by atoms with van der Waals surface area (Å²) in [6.45, 7) is 5.05. The zero-order valence-corrected chi connectivity index (χ0v) is 23.5. The molecule has 5 aromatic rings. The number of fused-ring (bicyclic) bond motifs is 2. The maximum Gasteiger partial charge on any atom is 0.264 e. The SMILES string of the molecule is CCc1cc(-c2ccc3c(NS(=O)(=O)c4ccccc4Cl)ncnn23)cc2cnc(NC[C@@H]3CCCNC3)nc12. The van der Waals surface area contributed by atoms with E-state index in [2.05, 4.69) is 43.4 Å². The van der Waals surface area contributed by atoms with Gasteiger partial charge in [-0.05, 0) is 80.2 Å². The fraction of sp³-hybridized carbons (Fsp3) is 0.286. The van der Waals surface area contributed by atoms with E-state index in [0.29, 0.717) is 17.4 Å². The van der Waals surface area contributed by atoms with Gasteiger partial charge in [-0.2, -0.15) is 5.10 Å². The van der Waals surface area contributed by atoms with Crippen molar-refractivity contribution < 1.29 is 8.42 Å². The molecule has 1 atom stereocenters. The van der Waals surface area contributed by atoms with Gasteiger partial charge in [0.25, 0.3) is 10.0 Å². The maximum atomic E-state index is 13.0. The number of halogens is 1. The van der Waals surface area contributed by atoms with Gasteiger partial charge in [0, 0.05) is 23.7 Å². The largest absolute Gasteiger partial charge is 0.354 e. The lowest BCUT2D eigenvalue weighted by molar-refractivity contribution is 0.392. The lowest BCUT2D eigenvalue weighted by Crippen LogP contribution is -2.33. The van der Waals surface area contributed by atoms with E-state index in [-0.39, 0.29) is 15.7 Å². The maximum absolute atomic E-state index is 13.0. The highest BCUT2D eigenvalue weighted by Gasteiger charge is 2.21. The Hall–Kier alpha value is -3.80. The molecule has 4 heterocycles. The first kappa shape index (κ1) is 26.4. The molecule has 0 radical (unpaired) electrons. The first-order valence-corrected chi connectivity index (χ1v) is 15.1. The molecular formula is C28H29ClN8O2S. The summed E-state index contributed by atoms with van der Waals surface area (Å²) < 4.78 is 30.3. The number of hydrogen-bond donors (Lipinski definition) is 3. The average molecular weight is 577 g/mol. The van der Waals surface area contributed by atoms with E-state index < -0.39 is 10.0 Å². The Labute approximate surface area is 237 Å². The van der Waals surface area contributed by atoms with E-state index in [1.165, 1.54) is 31.3 Å². The van der Waals surface area contributed by atoms with E-state index in [0.717, 1.165) is 53.8 Å². The highest BCUT2D eigenvalue weighted by atomic mass is 35.5. The van der Waals surface area contributed by atoms with Crippen molar-refractivity contribution in [3.8, 4) is 11.3 Å². The summed E-state index contributed by atoms with van der Waals surface area (Å²) in [6, 6.07) is 14.1. The molecule has 10 nitrogen and oxygen atoms in total. The molecule has 3 aromatic heterocycles. The minimum atomic E-state index is -3.96. The van der Waals surface area contributed by atoms with Crippen LogP contribution in [0.1, 0.15) is 25.3 Å². The van der Waals surface area contributed by atoms with Crippen LogP contribution in [0.15, 0.2) is 66.0 Å². The third kappa shape index (κ3) is 5.19. The van der Waals surface area contributed by atoms with Crippen LogP contribution in [-0.2, 0) is 16.4 Å². The third-order valence-corrected chi connectivity index (χ3v) is 9.03. The van der Waals surface area contributed by atoms with Gasteiger partial charge in [-0.1, -0.05) is 30.7 Å². The van der Waals surface area contributed by atoms with Gasteiger partial charge in [-0.3, -0.25) is 4.72 Å². The van der Waals surface area contributed by atoms with Gasteiger partial charge >= 0.3 is 0 Å². The first-order valence-electron chi connectivity index (χ1n) is 13.3. The molecule has 6 rings (SSSR count). The highest BCUT2D eigenvalue weighted by molar-refractivity contribution is 7.92. The topological polar surface area (TPSA) is 126 Å². The van der Waals surface area contributed by atoms with Crippen LogP contribution in [-0.4, -0.2) is 52.6 Å². The van der Waals surface area contributed by atoms with Crippen LogP contribution in [0.3, 0.4) is 0 Å². The number of sulfonamides is 1. The lowest BCUT2D eigenvalue weighted by Gasteiger charge is -2.22. The van der Waals surface area contributed by atoms with Gasteiger partial charge in [0.2, 0.25) is 5.95 Å². The minimum absolute atomic E-state index is 0.0217. The molecule has 40 heavy (non-hydrogen) atoms. The van der Waals surface area contributed by atoms with Crippen molar-refractivity contribution in [1.82, 2.24) is 29.9 Å². The second-order valence-electron chi connectivity index (χ2n) is 9.87. The minimum Gasteiger partial charge on any atom is -0.354 e. The molecule has 3 N–H and O–H groups in total. The molecule has 0 aliphatic carbocycles. The summed E-state index contributed by atoms with van der Waals surface area (Å²) >= 11 is 6.14. The number of benzene rings is 2. The Balaban J connectivity index is 1.32. The predicted octanol–water partition coefficient (Wildman–Crippen LogP) is 4.77. The number of piperidine rings is 1. The van der Waals surface area contributed by atoms with Crippen molar-refractivity contribution in [3.63, 3.8) is 0 Å². The van der Waals surface area contributed by atoms with Crippen LogP contribution in [0.25, 0.3) is 27.7 Å². The van der Waals surface area contributed by atoms with Gasteiger partial charge in [0.05, 0.1) is 16.2 Å². The zero-order chi connectivity index (χ0) is 27.7. The number of nitrogens with one attached hydrogen (secondary N) is 3. The van der Waals surface area contributed by atoms with Gasteiger partial charge in [-0.25, -0.2) is 27.9 Å². The van der Waals surface area contributed by atoms with Crippen LogP contribution in [0.5, 0.6) is 0 Å². The molecule has 0 amide bonds. The Kier molecular flexibility index (Phi) is 7.26. The fourth-order valence-electron chi connectivity index (χ4n) is 5.13. The Morgan fingerprint density at radius 2 is 2.02 bits per heavy atom. The first-order chi connectivity index (χ1) is 19.4. The van der Waals surface area contributed by atoms with E-state index in [4.69, 9.17) is 16.6 Å². The van der Waals surface area contributed by atoms with Crippen molar-refractivity contribution in [2.45, 2.75) is 31.1 Å². The van der Waals surface area contributed by atoms with Crippen LogP contribution < -0.4 is 15.4 Å². The second-order valence-corrected chi connectivity index (χ2v) is 11.9. The number of anilines is 2. The van der Waals surface area contributed by atoms with Gasteiger partial charge in [-0.15, -0.1) is 0 Å². The highest BCUT2D eigenvalue weighted by Crippen LogP contribution is 2.31. The molecule has 2 aromatic carbocycles. The summed E-state index contributed by atoms with van der Waals surface area (Å²) in [5.41, 5.74) is 4.22. The Morgan fingerprint density at radius 3 is 2.83 bits per heavy atom. The molecule has 0 spiro atoms. The molecule has 1 aliphatic rings. The molecular weight excluding hydrogens is 548 g/mol. The van der Waals surface area contributed by atoms with Crippen molar-refractivity contribution in [2.75, 3.05) is 29.7 Å². The lowest BCUT2D eigenvalue weighted by atomic mass is 10.00. The molecule has 0 saturated carbocycles. The van der Waals surface area contributed by atoms with Crippen LogP contribution in [0, 0.1) is 5.92 Å². The van der Waals surface area contributed by atoms with Crippen molar-refractivity contribution >= 4 is 49.8 Å². The molecule has 206 valence electrons. The number of nitrogens with zero attached hydrogens (tertiary/aromatic N) is 5. The molecule has 1 saturated heterocycles. The molecule has 12 heteroatoms. The normalized spacial score (nSPS) is 15.9. The number of aryl methyl sites for hydroxylation is 1. The summed E-state index contributed by atoms with van der Waals surface area (Å²) in [5.74, 6) is 1.37. The Morgan fingerprint density at radius 1 is 1.15 bits per heavy atom. The average Bonchev–Trinajstić information content (AvgIpc) is 3.41. The van der Waals surface area contributed by atoms with Gasteiger partial charge in [0.15, 0.2) is 5.82 Å². The summed E-state index contributed by atoms with van der Waals surface area (Å²) in [5, 5.41) is 12.3. The second kappa shape index (κ2) is 11.0. The van der Waals surface area contributed by atoms with E-state index in [9.17, 15) is 8.42 Å². The number of hydrogen-bond acceptors (Lipinski definition) is 8. The summed E-state index contributed by atoms with van der Waals surface area (Å²) in [6.07, 6.45) is 6.36. The fourth-order valence-corrected chi connectivity index (χ4v) is 6.68. The number of rotatable bonds is 8. The Bertz CT molecular complexity index is 1800. The summed E-state index contributed by atoms with van der Waals surface area (Å²) in [7, 11) is -3.96. The van der Waals surface area contributed by atoms with Crippen molar-refractivity contribution in [1.29, 1.82) is 0 Å². The quantitative estimate of drug-likeness (QED) is 0.241. The monoisotopic (exact) mass is 576 g/mol. The zero-order valence-electron chi connectivity index (χ0n) is 21.9. The van der Waals surface area contributed by atoms with Crippen LogP contribution in [0.2, 0.25) is 5.02 Å². The van der Waals surface area contributed by atoms with Gasteiger partial charge < -0.3 is 10.6 Å². The van der Waals surface area contributed by atoms with Crippen LogP contribution in [0.4, 0.5) is 11.8 Å². The molecule has 1 fully saturated rings.